The fourth-order valence-corrected chi connectivity index (χ4v) is 5.10. The van der Waals surface area contributed by atoms with E-state index in [0.717, 1.165) is 42.7 Å². The van der Waals surface area contributed by atoms with Gasteiger partial charge in [-0.25, -0.2) is 5.43 Å². The van der Waals surface area contributed by atoms with Crippen molar-refractivity contribution in [1.82, 2.24) is 21.1 Å². The average Bonchev–Trinajstić information content (AvgIpc) is 3.19. The Morgan fingerprint density at radius 3 is 2.52 bits per heavy atom. The van der Waals surface area contributed by atoms with Crippen LogP contribution >= 0.6 is 11.6 Å². The predicted octanol–water partition coefficient (Wildman–Crippen LogP) is 2.27. The van der Waals surface area contributed by atoms with E-state index in [2.05, 4.69) is 16.2 Å². The third-order valence-electron chi connectivity index (χ3n) is 6.74. The molecule has 0 radical (unpaired) electrons. The summed E-state index contributed by atoms with van der Waals surface area (Å²) in [4.78, 5) is 27.5. The lowest BCUT2D eigenvalue weighted by atomic mass is 9.81. The number of hydrazine groups is 1. The zero-order valence-corrected chi connectivity index (χ0v) is 17.6. The van der Waals surface area contributed by atoms with Crippen molar-refractivity contribution < 1.29 is 9.59 Å². The average molecular weight is 419 g/mol. The van der Waals surface area contributed by atoms with Gasteiger partial charge in [-0.3, -0.25) is 15.0 Å². The van der Waals surface area contributed by atoms with Crippen molar-refractivity contribution >= 4 is 23.4 Å². The van der Waals surface area contributed by atoms with Gasteiger partial charge in [0.25, 0.3) is 0 Å². The highest BCUT2D eigenvalue weighted by Crippen LogP contribution is 2.31. The standard InChI is InChI=1S/C22H31ClN4O2/c23-17-7-5-15(6-8-17)9-12-24-21(28)16-10-13-27(14-11-16)22(29)20-18-3-1-2-4-19(18)25-26-20/h5-8,16,18-20,25-26H,1-4,9-14H2,(H,24,28). The summed E-state index contributed by atoms with van der Waals surface area (Å²) in [7, 11) is 0. The summed E-state index contributed by atoms with van der Waals surface area (Å²) in [5, 5.41) is 3.78. The molecule has 29 heavy (non-hydrogen) atoms. The van der Waals surface area contributed by atoms with E-state index in [0.29, 0.717) is 31.6 Å². The number of carbonyl (C=O) groups is 2. The first-order chi connectivity index (χ1) is 14.1. The first kappa shape index (κ1) is 20.6. The number of rotatable bonds is 5. The van der Waals surface area contributed by atoms with Crippen molar-refractivity contribution in [2.45, 2.75) is 57.0 Å². The molecule has 3 N–H and O–H groups in total. The molecule has 158 valence electrons. The van der Waals surface area contributed by atoms with E-state index < -0.39 is 0 Å². The van der Waals surface area contributed by atoms with Crippen molar-refractivity contribution in [3.8, 4) is 0 Å². The summed E-state index contributed by atoms with van der Waals surface area (Å²) in [6.45, 7) is 1.97. The second-order valence-corrected chi connectivity index (χ2v) is 9.02. The molecule has 4 rings (SSSR count). The van der Waals surface area contributed by atoms with Gasteiger partial charge in [-0.1, -0.05) is 36.6 Å². The van der Waals surface area contributed by atoms with Gasteiger partial charge >= 0.3 is 0 Å². The number of nitrogens with one attached hydrogen (secondary N) is 3. The van der Waals surface area contributed by atoms with Gasteiger partial charge in [0.2, 0.25) is 11.8 Å². The third-order valence-corrected chi connectivity index (χ3v) is 6.99. The molecular weight excluding hydrogens is 388 g/mol. The minimum Gasteiger partial charge on any atom is -0.356 e. The maximum Gasteiger partial charge on any atom is 0.241 e. The predicted molar refractivity (Wildman–Crippen MR) is 113 cm³/mol. The minimum atomic E-state index is -0.106. The van der Waals surface area contributed by atoms with Crippen LogP contribution in [-0.2, 0) is 16.0 Å². The SMILES string of the molecule is O=C(NCCc1ccc(Cl)cc1)C1CCN(C(=O)C2NNC3CCCCC32)CC1. The number of benzene rings is 1. The van der Waals surface area contributed by atoms with Gasteiger partial charge in [-0.2, -0.15) is 0 Å². The fourth-order valence-electron chi connectivity index (χ4n) is 4.97. The van der Waals surface area contributed by atoms with Crippen LogP contribution in [0.2, 0.25) is 5.02 Å². The molecule has 1 aliphatic carbocycles. The molecule has 1 saturated carbocycles. The summed E-state index contributed by atoms with van der Waals surface area (Å²) >= 11 is 5.90. The maximum atomic E-state index is 13.0. The molecule has 1 aromatic carbocycles. The van der Waals surface area contributed by atoms with Gasteiger partial charge in [-0.15, -0.1) is 0 Å². The Kier molecular flexibility index (Phi) is 6.73. The van der Waals surface area contributed by atoms with E-state index in [-0.39, 0.29) is 23.8 Å². The van der Waals surface area contributed by atoms with Gasteiger partial charge in [0.05, 0.1) is 0 Å². The van der Waals surface area contributed by atoms with E-state index >= 15 is 0 Å². The summed E-state index contributed by atoms with van der Waals surface area (Å²) in [5.41, 5.74) is 7.74. The zero-order chi connectivity index (χ0) is 20.2. The number of nitrogens with zero attached hydrogens (tertiary/aromatic N) is 1. The quantitative estimate of drug-likeness (QED) is 0.685. The number of amides is 2. The molecule has 0 bridgehead atoms. The lowest BCUT2D eigenvalue weighted by Gasteiger charge is -2.35. The van der Waals surface area contributed by atoms with Gasteiger partial charge < -0.3 is 10.2 Å². The van der Waals surface area contributed by atoms with Crippen LogP contribution < -0.4 is 16.2 Å². The Balaban J connectivity index is 1.20. The van der Waals surface area contributed by atoms with Crippen LogP contribution in [0.1, 0.15) is 44.1 Å². The first-order valence-electron chi connectivity index (χ1n) is 10.9. The largest absolute Gasteiger partial charge is 0.356 e. The van der Waals surface area contributed by atoms with E-state index in [1.807, 2.05) is 29.2 Å². The molecular formula is C22H31ClN4O2. The molecule has 1 aromatic rings. The van der Waals surface area contributed by atoms with Crippen LogP contribution in [0.5, 0.6) is 0 Å². The monoisotopic (exact) mass is 418 g/mol. The van der Waals surface area contributed by atoms with E-state index in [9.17, 15) is 9.59 Å². The number of carbonyl (C=O) groups excluding carboxylic acids is 2. The van der Waals surface area contributed by atoms with E-state index in [1.165, 1.54) is 12.8 Å². The Morgan fingerprint density at radius 1 is 1.03 bits per heavy atom. The maximum absolute atomic E-state index is 13.0. The topological polar surface area (TPSA) is 73.5 Å². The van der Waals surface area contributed by atoms with Crippen molar-refractivity contribution in [1.29, 1.82) is 0 Å². The third kappa shape index (κ3) is 4.93. The summed E-state index contributed by atoms with van der Waals surface area (Å²) in [6.07, 6.45) is 7.01. The van der Waals surface area contributed by atoms with Crippen molar-refractivity contribution in [2.24, 2.45) is 11.8 Å². The van der Waals surface area contributed by atoms with Crippen molar-refractivity contribution in [3.05, 3.63) is 34.9 Å². The van der Waals surface area contributed by atoms with Gasteiger partial charge in [0.1, 0.15) is 6.04 Å². The van der Waals surface area contributed by atoms with Crippen molar-refractivity contribution in [3.63, 3.8) is 0 Å². The molecule has 2 aliphatic heterocycles. The van der Waals surface area contributed by atoms with Crippen LogP contribution in [0.4, 0.5) is 0 Å². The molecule has 0 spiro atoms. The first-order valence-corrected chi connectivity index (χ1v) is 11.3. The molecule has 3 fully saturated rings. The summed E-state index contributed by atoms with van der Waals surface area (Å²) < 4.78 is 0. The van der Waals surface area contributed by atoms with E-state index in [1.54, 1.807) is 0 Å². The van der Waals surface area contributed by atoms with Crippen LogP contribution in [0.25, 0.3) is 0 Å². The summed E-state index contributed by atoms with van der Waals surface area (Å²) in [6, 6.07) is 8.04. The van der Waals surface area contributed by atoms with Gasteiger partial charge in [-0.05, 0) is 49.8 Å². The lowest BCUT2D eigenvalue weighted by molar-refractivity contribution is -0.138. The highest BCUT2D eigenvalue weighted by Gasteiger charge is 2.43. The molecule has 3 unspecified atom stereocenters. The van der Waals surface area contributed by atoms with Crippen LogP contribution in [0.15, 0.2) is 24.3 Å². The Hall–Kier alpha value is -1.63. The normalized spacial score (nSPS) is 27.5. The fraction of sp³-hybridized carbons (Fsp3) is 0.636. The Bertz CT molecular complexity index is 718. The number of piperidine rings is 1. The highest BCUT2D eigenvalue weighted by molar-refractivity contribution is 6.30. The lowest BCUT2D eigenvalue weighted by Crippen LogP contribution is -2.51. The van der Waals surface area contributed by atoms with Crippen LogP contribution in [0, 0.1) is 11.8 Å². The molecule has 2 amide bonds. The Labute approximate surface area is 177 Å². The van der Waals surface area contributed by atoms with E-state index in [4.69, 9.17) is 11.6 Å². The summed E-state index contributed by atoms with van der Waals surface area (Å²) in [5.74, 6) is 0.721. The van der Waals surface area contributed by atoms with Gasteiger partial charge in [0, 0.05) is 42.5 Å². The molecule has 3 atom stereocenters. The minimum absolute atomic E-state index is 0.00126. The molecule has 0 aromatic heterocycles. The second kappa shape index (κ2) is 9.45. The van der Waals surface area contributed by atoms with Gasteiger partial charge in [0.15, 0.2) is 0 Å². The zero-order valence-electron chi connectivity index (χ0n) is 16.8. The number of halogens is 1. The number of fused-ring (bicyclic) bond motifs is 1. The second-order valence-electron chi connectivity index (χ2n) is 8.59. The highest BCUT2D eigenvalue weighted by atomic mass is 35.5. The smallest absolute Gasteiger partial charge is 0.241 e. The number of hydrogen-bond donors (Lipinski definition) is 3. The van der Waals surface area contributed by atoms with Crippen molar-refractivity contribution in [2.75, 3.05) is 19.6 Å². The molecule has 7 heteroatoms. The van der Waals surface area contributed by atoms with Crippen LogP contribution in [0.3, 0.4) is 0 Å². The number of hydrogen-bond acceptors (Lipinski definition) is 4. The molecule has 6 nitrogen and oxygen atoms in total. The molecule has 2 saturated heterocycles. The van der Waals surface area contributed by atoms with Crippen LogP contribution in [-0.4, -0.2) is 48.4 Å². The number of likely N-dealkylation sites (tertiary alicyclic amines) is 1. The molecule has 3 aliphatic rings. The molecule has 2 heterocycles. The Morgan fingerprint density at radius 2 is 1.76 bits per heavy atom.